The molecule has 0 saturated heterocycles. The highest BCUT2D eigenvalue weighted by molar-refractivity contribution is 6.08. The minimum absolute atomic E-state index is 0.0425. The van der Waals surface area contributed by atoms with Gasteiger partial charge in [0.05, 0.1) is 6.61 Å². The molecule has 2 aliphatic carbocycles. The van der Waals surface area contributed by atoms with Gasteiger partial charge in [0.2, 0.25) is 0 Å². The first-order chi connectivity index (χ1) is 8.14. The summed E-state index contributed by atoms with van der Waals surface area (Å²) in [7, 11) is 0. The molecule has 0 unspecified atom stereocenters. The Balaban J connectivity index is 2.42. The molecule has 0 radical (unpaired) electrons. The highest BCUT2D eigenvalue weighted by Gasteiger charge is 2.57. The van der Waals surface area contributed by atoms with Gasteiger partial charge in [0.25, 0.3) is 0 Å². The molecule has 3 nitrogen and oxygen atoms in total. The first-order valence-electron chi connectivity index (χ1n) is 6.52. The van der Waals surface area contributed by atoms with E-state index in [2.05, 4.69) is 6.58 Å². The highest BCUT2D eigenvalue weighted by atomic mass is 16.5. The maximum absolute atomic E-state index is 12.4. The minimum Gasteiger partial charge on any atom is -0.465 e. The van der Waals surface area contributed by atoms with Crippen LogP contribution in [-0.2, 0) is 14.3 Å². The molecular weight excluding hydrogens is 216 g/mol. The predicted molar refractivity (Wildman–Crippen MR) is 64.4 cm³/mol. The van der Waals surface area contributed by atoms with Gasteiger partial charge in [-0.25, -0.2) is 0 Å². The molecule has 17 heavy (non-hydrogen) atoms. The Morgan fingerprint density at radius 1 is 1.41 bits per heavy atom. The molecule has 0 aromatic carbocycles. The van der Waals surface area contributed by atoms with E-state index >= 15 is 0 Å². The van der Waals surface area contributed by atoms with Crippen LogP contribution in [0.3, 0.4) is 0 Å². The van der Waals surface area contributed by atoms with E-state index in [-0.39, 0.29) is 17.7 Å². The monoisotopic (exact) mass is 236 g/mol. The fourth-order valence-electron chi connectivity index (χ4n) is 3.38. The van der Waals surface area contributed by atoms with Crippen LogP contribution in [0.15, 0.2) is 12.2 Å². The van der Waals surface area contributed by atoms with Crippen molar-refractivity contribution in [2.45, 2.75) is 45.4 Å². The molecule has 0 spiro atoms. The molecule has 3 heteroatoms. The molecule has 0 aromatic heterocycles. The Kier molecular flexibility index (Phi) is 3.36. The van der Waals surface area contributed by atoms with E-state index in [1.54, 1.807) is 6.92 Å². The van der Waals surface area contributed by atoms with Gasteiger partial charge in [0.15, 0.2) is 5.78 Å². The Hall–Kier alpha value is -1.12. The Morgan fingerprint density at radius 3 is 2.88 bits per heavy atom. The highest BCUT2D eigenvalue weighted by Crippen LogP contribution is 2.52. The number of Topliss-reactive ketones (excluding diaryl/α,β-unsaturated/α-hetero) is 1. The number of ether oxygens (including phenoxy) is 1. The van der Waals surface area contributed by atoms with Gasteiger partial charge in [-0.1, -0.05) is 18.6 Å². The normalized spacial score (nSPS) is 33.1. The van der Waals surface area contributed by atoms with Crippen LogP contribution in [0.2, 0.25) is 0 Å². The fourth-order valence-corrected chi connectivity index (χ4v) is 3.38. The number of hydrogen-bond donors (Lipinski definition) is 0. The van der Waals surface area contributed by atoms with Crippen LogP contribution in [0.1, 0.15) is 45.4 Å². The summed E-state index contributed by atoms with van der Waals surface area (Å²) < 4.78 is 5.16. The second-order valence-corrected chi connectivity index (χ2v) is 5.04. The third-order valence-electron chi connectivity index (χ3n) is 4.21. The van der Waals surface area contributed by atoms with Gasteiger partial charge in [0.1, 0.15) is 5.41 Å². The molecule has 0 aliphatic heterocycles. The SMILES string of the molecule is C=C1CC[C@@H]2CCCCC(=O)[C@]12C(=O)OCC. The van der Waals surface area contributed by atoms with Crippen LogP contribution >= 0.6 is 0 Å². The third-order valence-corrected chi connectivity index (χ3v) is 4.21. The van der Waals surface area contributed by atoms with Crippen molar-refractivity contribution in [3.05, 3.63) is 12.2 Å². The van der Waals surface area contributed by atoms with Gasteiger partial charge in [-0.05, 0) is 38.5 Å². The molecule has 2 saturated carbocycles. The number of carbonyl (C=O) groups excluding carboxylic acids is 2. The van der Waals surface area contributed by atoms with Gasteiger partial charge < -0.3 is 4.74 Å². The second-order valence-electron chi connectivity index (χ2n) is 5.04. The van der Waals surface area contributed by atoms with E-state index in [9.17, 15) is 9.59 Å². The zero-order valence-electron chi connectivity index (χ0n) is 10.5. The fraction of sp³-hybridized carbons (Fsp3) is 0.714. The number of rotatable bonds is 2. The van der Waals surface area contributed by atoms with Crippen LogP contribution in [0.4, 0.5) is 0 Å². The maximum Gasteiger partial charge on any atom is 0.324 e. The molecule has 2 atom stereocenters. The van der Waals surface area contributed by atoms with Gasteiger partial charge >= 0.3 is 5.97 Å². The van der Waals surface area contributed by atoms with Gasteiger partial charge in [-0.15, -0.1) is 0 Å². The Labute approximate surface area is 102 Å². The molecular formula is C14H20O3. The average Bonchev–Trinajstić information content (AvgIpc) is 2.52. The van der Waals surface area contributed by atoms with E-state index in [4.69, 9.17) is 4.74 Å². The van der Waals surface area contributed by atoms with E-state index in [1.165, 1.54) is 0 Å². The first kappa shape index (κ1) is 12.3. The summed E-state index contributed by atoms with van der Waals surface area (Å²) in [5.74, 6) is -0.176. The molecule has 2 fully saturated rings. The summed E-state index contributed by atoms with van der Waals surface area (Å²) in [5, 5.41) is 0. The van der Waals surface area contributed by atoms with Crippen LogP contribution in [-0.4, -0.2) is 18.4 Å². The van der Waals surface area contributed by atoms with Crippen molar-refractivity contribution in [3.8, 4) is 0 Å². The topological polar surface area (TPSA) is 43.4 Å². The molecule has 94 valence electrons. The Morgan fingerprint density at radius 2 is 2.18 bits per heavy atom. The van der Waals surface area contributed by atoms with E-state index < -0.39 is 5.41 Å². The number of hydrogen-bond acceptors (Lipinski definition) is 3. The summed E-state index contributed by atoms with van der Waals surface area (Å²) >= 11 is 0. The molecule has 2 aliphatic rings. The van der Waals surface area contributed by atoms with Crippen LogP contribution < -0.4 is 0 Å². The largest absolute Gasteiger partial charge is 0.465 e. The van der Waals surface area contributed by atoms with Crippen molar-refractivity contribution in [2.24, 2.45) is 11.3 Å². The van der Waals surface area contributed by atoms with Gasteiger partial charge in [0, 0.05) is 6.42 Å². The number of ketones is 1. The number of esters is 1. The molecule has 0 aromatic rings. The van der Waals surface area contributed by atoms with Gasteiger partial charge in [-0.2, -0.15) is 0 Å². The average molecular weight is 236 g/mol. The van der Waals surface area contributed by atoms with Crippen LogP contribution in [0.5, 0.6) is 0 Å². The standard InChI is InChI=1S/C14H20O3/c1-3-17-13(16)14-10(2)8-9-11(14)6-4-5-7-12(14)15/h11H,2-9H2,1H3/t11-,14-/m0/s1. The zero-order chi connectivity index (χ0) is 12.5. The van der Waals surface area contributed by atoms with E-state index in [0.29, 0.717) is 13.0 Å². The number of carbonyl (C=O) groups is 2. The lowest BCUT2D eigenvalue weighted by Crippen LogP contribution is -2.44. The predicted octanol–water partition coefficient (Wildman–Crippen LogP) is 2.65. The molecule has 0 heterocycles. The quantitative estimate of drug-likeness (QED) is 0.420. The van der Waals surface area contributed by atoms with Gasteiger partial charge in [-0.3, -0.25) is 9.59 Å². The van der Waals surface area contributed by atoms with Crippen LogP contribution in [0, 0.1) is 11.3 Å². The summed E-state index contributed by atoms with van der Waals surface area (Å²) in [6.45, 7) is 6.09. The van der Waals surface area contributed by atoms with E-state index in [1.807, 2.05) is 0 Å². The lowest BCUT2D eigenvalue weighted by atomic mass is 9.71. The van der Waals surface area contributed by atoms with Crippen molar-refractivity contribution in [1.82, 2.24) is 0 Å². The summed E-state index contributed by atoms with van der Waals surface area (Å²) in [6.07, 6.45) is 5.06. The maximum atomic E-state index is 12.4. The molecule has 0 N–H and O–H groups in total. The van der Waals surface area contributed by atoms with Crippen LogP contribution in [0.25, 0.3) is 0 Å². The van der Waals surface area contributed by atoms with Crippen molar-refractivity contribution < 1.29 is 14.3 Å². The molecule has 2 rings (SSSR count). The minimum atomic E-state index is -0.994. The lowest BCUT2D eigenvalue weighted by molar-refractivity contribution is -0.159. The smallest absolute Gasteiger partial charge is 0.324 e. The van der Waals surface area contributed by atoms with Crippen molar-refractivity contribution in [1.29, 1.82) is 0 Å². The molecule has 0 bridgehead atoms. The summed E-state index contributed by atoms with van der Waals surface area (Å²) in [4.78, 5) is 24.7. The van der Waals surface area contributed by atoms with Crippen molar-refractivity contribution >= 4 is 11.8 Å². The summed E-state index contributed by atoms with van der Waals surface area (Å²) in [6, 6.07) is 0. The Bertz CT molecular complexity index is 358. The second kappa shape index (κ2) is 4.63. The lowest BCUT2D eigenvalue weighted by Gasteiger charge is -2.31. The number of fused-ring (bicyclic) bond motifs is 1. The van der Waals surface area contributed by atoms with Crippen molar-refractivity contribution in [2.75, 3.05) is 6.61 Å². The molecule has 0 amide bonds. The summed E-state index contributed by atoms with van der Waals surface area (Å²) in [5.41, 5.74) is -0.208. The van der Waals surface area contributed by atoms with E-state index in [0.717, 1.165) is 37.7 Å². The first-order valence-corrected chi connectivity index (χ1v) is 6.52. The van der Waals surface area contributed by atoms with Crippen molar-refractivity contribution in [3.63, 3.8) is 0 Å². The third kappa shape index (κ3) is 1.72. The zero-order valence-corrected chi connectivity index (χ0v) is 10.5.